The summed E-state index contributed by atoms with van der Waals surface area (Å²) in [7, 11) is 0. The summed E-state index contributed by atoms with van der Waals surface area (Å²) in [6.07, 6.45) is 0. The zero-order chi connectivity index (χ0) is 10.0. The monoisotopic (exact) mass is 178 g/mol. The second kappa shape index (κ2) is 3.73. The van der Waals surface area contributed by atoms with Gasteiger partial charge in [-0.25, -0.2) is 4.39 Å². The standard InChI is InChI=1S/C12H15F/c1-8(2)10-6-5-7-11(13)12(10)9(3)4/h5-8H,3H2,1-2,4H3. The first kappa shape index (κ1) is 9.97. The maximum absolute atomic E-state index is 13.4. The van der Waals surface area contributed by atoms with Crippen LogP contribution in [0, 0.1) is 5.82 Å². The smallest absolute Gasteiger partial charge is 0.130 e. The molecular formula is C12H15F. The fourth-order valence-corrected chi connectivity index (χ4v) is 1.47. The van der Waals surface area contributed by atoms with E-state index in [2.05, 4.69) is 20.4 Å². The van der Waals surface area contributed by atoms with E-state index in [0.717, 1.165) is 11.1 Å². The van der Waals surface area contributed by atoms with Crippen LogP contribution in [-0.2, 0) is 0 Å². The summed E-state index contributed by atoms with van der Waals surface area (Å²) in [5.74, 6) is 0.168. The minimum atomic E-state index is -0.168. The Balaban J connectivity index is 3.34. The summed E-state index contributed by atoms with van der Waals surface area (Å²) in [4.78, 5) is 0. The summed E-state index contributed by atoms with van der Waals surface area (Å²) in [6.45, 7) is 9.74. The average molecular weight is 178 g/mol. The van der Waals surface area contributed by atoms with Crippen LogP contribution in [0.25, 0.3) is 5.57 Å². The molecule has 0 nitrogen and oxygen atoms in total. The van der Waals surface area contributed by atoms with Crippen LogP contribution in [0.15, 0.2) is 24.8 Å². The van der Waals surface area contributed by atoms with Gasteiger partial charge in [0.05, 0.1) is 0 Å². The van der Waals surface area contributed by atoms with Crippen LogP contribution < -0.4 is 0 Å². The molecule has 0 atom stereocenters. The Labute approximate surface area is 79.1 Å². The molecule has 0 heterocycles. The first-order valence-corrected chi connectivity index (χ1v) is 4.48. The lowest BCUT2D eigenvalue weighted by molar-refractivity contribution is 0.619. The van der Waals surface area contributed by atoms with Gasteiger partial charge < -0.3 is 0 Å². The fraction of sp³-hybridized carbons (Fsp3) is 0.333. The number of rotatable bonds is 2. The predicted octanol–water partition coefficient (Wildman–Crippen LogP) is 3.98. The number of benzene rings is 1. The number of hydrogen-bond acceptors (Lipinski definition) is 0. The number of halogens is 1. The van der Waals surface area contributed by atoms with Gasteiger partial charge in [0.15, 0.2) is 0 Å². The Morgan fingerprint density at radius 2 is 2.00 bits per heavy atom. The molecule has 1 aromatic carbocycles. The van der Waals surface area contributed by atoms with Crippen molar-refractivity contribution in [3.63, 3.8) is 0 Å². The maximum Gasteiger partial charge on any atom is 0.130 e. The van der Waals surface area contributed by atoms with Gasteiger partial charge in [-0.1, -0.05) is 32.6 Å². The molecule has 1 rings (SSSR count). The van der Waals surface area contributed by atoms with Gasteiger partial charge in [0.25, 0.3) is 0 Å². The lowest BCUT2D eigenvalue weighted by atomic mass is 9.93. The van der Waals surface area contributed by atoms with Gasteiger partial charge in [-0.05, 0) is 30.0 Å². The van der Waals surface area contributed by atoms with Crippen LogP contribution in [0.5, 0.6) is 0 Å². The Bertz CT molecular complexity index is 324. The largest absolute Gasteiger partial charge is 0.206 e. The van der Waals surface area contributed by atoms with Crippen molar-refractivity contribution in [2.24, 2.45) is 0 Å². The Morgan fingerprint density at radius 1 is 1.38 bits per heavy atom. The maximum atomic E-state index is 13.4. The molecule has 0 aliphatic carbocycles. The molecule has 13 heavy (non-hydrogen) atoms. The summed E-state index contributed by atoms with van der Waals surface area (Å²) < 4.78 is 13.4. The molecule has 1 aromatic rings. The van der Waals surface area contributed by atoms with E-state index < -0.39 is 0 Å². The quantitative estimate of drug-likeness (QED) is 0.642. The lowest BCUT2D eigenvalue weighted by Crippen LogP contribution is -1.97. The van der Waals surface area contributed by atoms with Crippen molar-refractivity contribution in [2.45, 2.75) is 26.7 Å². The zero-order valence-electron chi connectivity index (χ0n) is 8.39. The summed E-state index contributed by atoms with van der Waals surface area (Å²) >= 11 is 0. The molecule has 0 aliphatic rings. The second-order valence-electron chi connectivity index (χ2n) is 3.64. The van der Waals surface area contributed by atoms with Crippen molar-refractivity contribution in [1.29, 1.82) is 0 Å². The molecule has 0 N–H and O–H groups in total. The summed E-state index contributed by atoms with van der Waals surface area (Å²) in [5.41, 5.74) is 2.51. The highest BCUT2D eigenvalue weighted by Gasteiger charge is 2.10. The van der Waals surface area contributed by atoms with Crippen molar-refractivity contribution in [3.05, 3.63) is 41.7 Å². The van der Waals surface area contributed by atoms with Crippen LogP contribution in [0.1, 0.15) is 37.8 Å². The molecule has 0 radical (unpaired) electrons. The normalized spacial score (nSPS) is 10.5. The van der Waals surface area contributed by atoms with Crippen molar-refractivity contribution in [3.8, 4) is 0 Å². The zero-order valence-corrected chi connectivity index (χ0v) is 8.39. The van der Waals surface area contributed by atoms with Gasteiger partial charge in [-0.15, -0.1) is 0 Å². The van der Waals surface area contributed by atoms with Crippen molar-refractivity contribution in [2.75, 3.05) is 0 Å². The van der Waals surface area contributed by atoms with E-state index >= 15 is 0 Å². The lowest BCUT2D eigenvalue weighted by Gasteiger charge is -2.13. The highest BCUT2D eigenvalue weighted by atomic mass is 19.1. The van der Waals surface area contributed by atoms with E-state index in [1.165, 1.54) is 6.07 Å². The minimum absolute atomic E-state index is 0.168. The van der Waals surface area contributed by atoms with Gasteiger partial charge >= 0.3 is 0 Å². The van der Waals surface area contributed by atoms with Gasteiger partial charge in [0.1, 0.15) is 5.82 Å². The summed E-state index contributed by atoms with van der Waals surface area (Å²) in [6, 6.07) is 5.19. The van der Waals surface area contributed by atoms with Crippen molar-refractivity contribution >= 4 is 5.57 Å². The van der Waals surface area contributed by atoms with Gasteiger partial charge in [0, 0.05) is 5.56 Å². The van der Waals surface area contributed by atoms with E-state index in [0.29, 0.717) is 11.5 Å². The fourth-order valence-electron chi connectivity index (χ4n) is 1.47. The molecule has 0 aromatic heterocycles. The Kier molecular flexibility index (Phi) is 2.86. The van der Waals surface area contributed by atoms with Crippen LogP contribution in [0.2, 0.25) is 0 Å². The summed E-state index contributed by atoms with van der Waals surface area (Å²) in [5, 5.41) is 0. The molecule has 70 valence electrons. The van der Waals surface area contributed by atoms with Crippen molar-refractivity contribution < 1.29 is 4.39 Å². The molecule has 1 heteroatoms. The highest BCUT2D eigenvalue weighted by molar-refractivity contribution is 5.65. The molecule has 0 saturated heterocycles. The minimum Gasteiger partial charge on any atom is -0.206 e. The highest BCUT2D eigenvalue weighted by Crippen LogP contribution is 2.26. The van der Waals surface area contributed by atoms with E-state index in [9.17, 15) is 4.39 Å². The van der Waals surface area contributed by atoms with Crippen LogP contribution in [0.4, 0.5) is 4.39 Å². The first-order chi connectivity index (χ1) is 6.04. The van der Waals surface area contributed by atoms with Crippen LogP contribution in [-0.4, -0.2) is 0 Å². The molecular weight excluding hydrogens is 163 g/mol. The van der Waals surface area contributed by atoms with Crippen molar-refractivity contribution in [1.82, 2.24) is 0 Å². The molecule has 0 spiro atoms. The first-order valence-electron chi connectivity index (χ1n) is 4.48. The number of hydrogen-bond donors (Lipinski definition) is 0. The number of allylic oxidation sites excluding steroid dienone is 1. The third kappa shape index (κ3) is 1.97. The molecule has 0 fully saturated rings. The van der Waals surface area contributed by atoms with Crippen LogP contribution >= 0.6 is 0 Å². The average Bonchev–Trinajstić information content (AvgIpc) is 2.02. The Morgan fingerprint density at radius 3 is 2.38 bits per heavy atom. The SMILES string of the molecule is C=C(C)c1c(F)cccc1C(C)C. The van der Waals surface area contributed by atoms with E-state index in [4.69, 9.17) is 0 Å². The third-order valence-electron chi connectivity index (χ3n) is 2.09. The van der Waals surface area contributed by atoms with E-state index in [1.807, 2.05) is 13.0 Å². The topological polar surface area (TPSA) is 0 Å². The molecule has 0 amide bonds. The predicted molar refractivity (Wildman–Crippen MR) is 55.2 cm³/mol. The van der Waals surface area contributed by atoms with E-state index in [-0.39, 0.29) is 5.82 Å². The molecule has 0 saturated carbocycles. The second-order valence-corrected chi connectivity index (χ2v) is 3.64. The van der Waals surface area contributed by atoms with E-state index in [1.54, 1.807) is 6.07 Å². The van der Waals surface area contributed by atoms with Crippen LogP contribution in [0.3, 0.4) is 0 Å². The van der Waals surface area contributed by atoms with Gasteiger partial charge in [-0.3, -0.25) is 0 Å². The molecule has 0 bridgehead atoms. The Hall–Kier alpha value is -1.11. The van der Waals surface area contributed by atoms with Gasteiger partial charge in [0.2, 0.25) is 0 Å². The molecule has 0 unspecified atom stereocenters. The molecule has 0 aliphatic heterocycles. The third-order valence-corrected chi connectivity index (χ3v) is 2.09. The van der Waals surface area contributed by atoms with Gasteiger partial charge in [-0.2, -0.15) is 0 Å².